The highest BCUT2D eigenvalue weighted by molar-refractivity contribution is 7.89. The van der Waals surface area contributed by atoms with Gasteiger partial charge in [-0.1, -0.05) is 23.8 Å². The second-order valence-corrected chi connectivity index (χ2v) is 10.2. The number of fused-ring (bicyclic) bond motifs is 1. The Balaban J connectivity index is 1.46. The van der Waals surface area contributed by atoms with Crippen LogP contribution in [0.15, 0.2) is 59.8 Å². The number of benzene rings is 2. The molecule has 2 amide bonds. The van der Waals surface area contributed by atoms with Crippen molar-refractivity contribution in [2.75, 3.05) is 7.11 Å². The highest BCUT2D eigenvalue weighted by Gasteiger charge is 2.37. The Bertz CT molecular complexity index is 1190. The van der Waals surface area contributed by atoms with Crippen molar-refractivity contribution < 1.29 is 22.7 Å². The molecule has 1 aliphatic carbocycles. The molecule has 174 valence electrons. The normalized spacial score (nSPS) is 20.1. The molecule has 1 unspecified atom stereocenters. The van der Waals surface area contributed by atoms with Crippen LogP contribution in [0, 0.1) is 6.92 Å². The summed E-state index contributed by atoms with van der Waals surface area (Å²) < 4.78 is 32.6. The molecule has 2 aromatic rings. The predicted octanol–water partition coefficient (Wildman–Crippen LogP) is 2.03. The van der Waals surface area contributed by atoms with Crippen LogP contribution in [-0.2, 0) is 32.5 Å². The molecule has 4 rings (SSSR count). The third-order valence-corrected chi connectivity index (χ3v) is 7.84. The van der Waals surface area contributed by atoms with E-state index in [1.165, 1.54) is 30.1 Å². The molecular weight excluding hydrogens is 442 g/mol. The number of hydrogen-bond acceptors (Lipinski definition) is 5. The lowest BCUT2D eigenvalue weighted by Crippen LogP contribution is -2.52. The molecule has 0 radical (unpaired) electrons. The number of ether oxygens (including phenoxy) is 1. The topological polar surface area (TPSA) is 105 Å². The Labute approximate surface area is 193 Å². The first kappa shape index (κ1) is 22.8. The summed E-state index contributed by atoms with van der Waals surface area (Å²) in [5.41, 5.74) is 3.27. The third-order valence-electron chi connectivity index (χ3n) is 6.04. The number of carbonyl (C=O) groups is 2. The second-order valence-electron chi connectivity index (χ2n) is 8.33. The molecule has 1 heterocycles. The van der Waals surface area contributed by atoms with Gasteiger partial charge in [-0.05, 0) is 61.6 Å². The summed E-state index contributed by atoms with van der Waals surface area (Å²) >= 11 is 0. The fraction of sp³-hybridized carbons (Fsp3) is 0.333. The van der Waals surface area contributed by atoms with Crippen molar-refractivity contribution in [2.45, 2.75) is 49.6 Å². The SMILES string of the molecule is COc1ccc2c(c1)CC[C@@H](NC(=O)CC1C(=O)NC=CN1S(=O)(=O)c1ccc(C)cc1)C2. The highest BCUT2D eigenvalue weighted by atomic mass is 32.2. The van der Waals surface area contributed by atoms with Gasteiger partial charge in [0.2, 0.25) is 11.8 Å². The molecule has 8 nitrogen and oxygen atoms in total. The number of hydrogen-bond donors (Lipinski definition) is 2. The van der Waals surface area contributed by atoms with Gasteiger partial charge in [0.05, 0.1) is 18.4 Å². The van der Waals surface area contributed by atoms with Crippen LogP contribution < -0.4 is 15.4 Å². The van der Waals surface area contributed by atoms with Gasteiger partial charge >= 0.3 is 0 Å². The van der Waals surface area contributed by atoms with Gasteiger partial charge < -0.3 is 15.4 Å². The Kier molecular flexibility index (Phi) is 6.42. The minimum absolute atomic E-state index is 0.0668. The number of methoxy groups -OCH3 is 1. The van der Waals surface area contributed by atoms with Gasteiger partial charge in [0.25, 0.3) is 10.0 Å². The van der Waals surface area contributed by atoms with E-state index in [4.69, 9.17) is 4.74 Å². The van der Waals surface area contributed by atoms with E-state index in [0.29, 0.717) is 6.42 Å². The molecule has 0 spiro atoms. The number of carbonyl (C=O) groups excluding carboxylic acids is 2. The van der Waals surface area contributed by atoms with Crippen LogP contribution in [0.2, 0.25) is 0 Å². The van der Waals surface area contributed by atoms with E-state index < -0.39 is 22.0 Å². The Hall–Kier alpha value is -3.33. The number of nitrogens with zero attached hydrogens (tertiary/aromatic N) is 1. The first-order valence-electron chi connectivity index (χ1n) is 10.8. The zero-order valence-electron chi connectivity index (χ0n) is 18.6. The lowest BCUT2D eigenvalue weighted by Gasteiger charge is -2.32. The zero-order chi connectivity index (χ0) is 23.6. The number of aryl methyl sites for hydroxylation is 2. The summed E-state index contributed by atoms with van der Waals surface area (Å²) in [7, 11) is -2.36. The fourth-order valence-electron chi connectivity index (χ4n) is 4.21. The smallest absolute Gasteiger partial charge is 0.264 e. The average Bonchev–Trinajstić information content (AvgIpc) is 2.80. The van der Waals surface area contributed by atoms with Gasteiger partial charge in [-0.2, -0.15) is 0 Å². The van der Waals surface area contributed by atoms with Crippen molar-refractivity contribution in [3.05, 3.63) is 71.6 Å². The molecule has 0 saturated heterocycles. The predicted molar refractivity (Wildman–Crippen MR) is 123 cm³/mol. The Morgan fingerprint density at radius 2 is 1.94 bits per heavy atom. The summed E-state index contributed by atoms with van der Waals surface area (Å²) in [6, 6.07) is 11.0. The Morgan fingerprint density at radius 3 is 2.67 bits per heavy atom. The monoisotopic (exact) mass is 469 g/mol. The summed E-state index contributed by atoms with van der Waals surface area (Å²) in [6.45, 7) is 1.86. The molecule has 0 fully saturated rings. The first-order chi connectivity index (χ1) is 15.8. The summed E-state index contributed by atoms with van der Waals surface area (Å²) in [6.07, 6.45) is 4.53. The maximum absolute atomic E-state index is 13.2. The van der Waals surface area contributed by atoms with Crippen LogP contribution in [0.5, 0.6) is 5.75 Å². The van der Waals surface area contributed by atoms with E-state index >= 15 is 0 Å². The summed E-state index contributed by atoms with van der Waals surface area (Å²) in [4.78, 5) is 25.4. The van der Waals surface area contributed by atoms with Gasteiger partial charge in [0.15, 0.2) is 0 Å². The van der Waals surface area contributed by atoms with Gasteiger partial charge in [0.1, 0.15) is 11.8 Å². The van der Waals surface area contributed by atoms with Crippen LogP contribution in [0.4, 0.5) is 0 Å². The summed E-state index contributed by atoms with van der Waals surface area (Å²) in [5.74, 6) is -0.0941. The van der Waals surface area contributed by atoms with Crippen molar-refractivity contribution in [1.82, 2.24) is 14.9 Å². The molecule has 33 heavy (non-hydrogen) atoms. The van der Waals surface area contributed by atoms with E-state index in [0.717, 1.165) is 34.0 Å². The molecule has 2 atom stereocenters. The minimum Gasteiger partial charge on any atom is -0.497 e. The first-order valence-corrected chi connectivity index (χ1v) is 12.2. The molecule has 2 aliphatic rings. The van der Waals surface area contributed by atoms with Gasteiger partial charge in [-0.25, -0.2) is 8.42 Å². The fourth-order valence-corrected chi connectivity index (χ4v) is 5.66. The van der Waals surface area contributed by atoms with Crippen molar-refractivity contribution >= 4 is 21.8 Å². The molecule has 0 saturated carbocycles. The molecule has 9 heteroatoms. The minimum atomic E-state index is -3.99. The number of nitrogens with one attached hydrogen (secondary N) is 2. The summed E-state index contributed by atoms with van der Waals surface area (Å²) in [5, 5.41) is 5.49. The van der Waals surface area contributed by atoms with E-state index in [9.17, 15) is 18.0 Å². The molecule has 0 aromatic heterocycles. The molecule has 0 bridgehead atoms. The maximum atomic E-state index is 13.2. The Morgan fingerprint density at radius 1 is 1.18 bits per heavy atom. The molecule has 2 N–H and O–H groups in total. The molecule has 2 aromatic carbocycles. The number of amides is 2. The molecule has 1 aliphatic heterocycles. The van der Waals surface area contributed by atoms with Gasteiger partial charge in [-0.3, -0.25) is 13.9 Å². The maximum Gasteiger partial charge on any atom is 0.264 e. The van der Waals surface area contributed by atoms with Crippen molar-refractivity contribution in [3.63, 3.8) is 0 Å². The van der Waals surface area contributed by atoms with Crippen LogP contribution in [0.1, 0.15) is 29.5 Å². The third kappa shape index (κ3) is 4.88. The van der Waals surface area contributed by atoms with Crippen LogP contribution in [-0.4, -0.2) is 43.7 Å². The van der Waals surface area contributed by atoms with Crippen LogP contribution in [0.3, 0.4) is 0 Å². The van der Waals surface area contributed by atoms with Gasteiger partial charge in [-0.15, -0.1) is 0 Å². The zero-order valence-corrected chi connectivity index (χ0v) is 19.4. The standard InChI is InChI=1S/C24H27N3O5S/c1-16-3-9-21(10-4-16)33(30,31)27-12-11-25-24(29)22(27)15-23(28)26-19-7-5-18-14-20(32-2)8-6-17(18)13-19/h3-4,6,8-12,14,19,22H,5,7,13,15H2,1-2H3,(H,25,29)(H,26,28)/t19-,22?/m1/s1. The van der Waals surface area contributed by atoms with Gasteiger partial charge in [0, 0.05) is 18.4 Å². The average molecular weight is 470 g/mol. The number of rotatable bonds is 6. The van der Waals surface area contributed by atoms with E-state index in [2.05, 4.69) is 10.6 Å². The second kappa shape index (κ2) is 9.27. The van der Waals surface area contributed by atoms with Crippen LogP contribution in [0.25, 0.3) is 0 Å². The van der Waals surface area contributed by atoms with Crippen molar-refractivity contribution in [2.24, 2.45) is 0 Å². The van der Waals surface area contributed by atoms with Crippen molar-refractivity contribution in [1.29, 1.82) is 0 Å². The largest absolute Gasteiger partial charge is 0.497 e. The lowest BCUT2D eigenvalue weighted by atomic mass is 9.88. The quantitative estimate of drug-likeness (QED) is 0.674. The van der Waals surface area contributed by atoms with E-state index in [1.54, 1.807) is 19.2 Å². The van der Waals surface area contributed by atoms with E-state index in [1.807, 2.05) is 25.1 Å². The lowest BCUT2D eigenvalue weighted by molar-refractivity contribution is -0.129. The van der Waals surface area contributed by atoms with Crippen LogP contribution >= 0.6 is 0 Å². The van der Waals surface area contributed by atoms with E-state index in [-0.39, 0.29) is 23.3 Å². The number of sulfonamides is 1. The molecular formula is C24H27N3O5S. The van der Waals surface area contributed by atoms with Crippen molar-refractivity contribution in [3.8, 4) is 5.75 Å². The highest BCUT2D eigenvalue weighted by Crippen LogP contribution is 2.26.